The summed E-state index contributed by atoms with van der Waals surface area (Å²) in [6, 6.07) is 2.75. The van der Waals surface area contributed by atoms with E-state index < -0.39 is 40.1 Å². The fraction of sp³-hybridized carbons (Fsp3) is 0.353. The third-order valence-electron chi connectivity index (χ3n) is 4.60. The molecule has 13 nitrogen and oxygen atoms in total. The van der Waals surface area contributed by atoms with Crippen molar-refractivity contribution in [1.82, 2.24) is 14.5 Å². The van der Waals surface area contributed by atoms with E-state index in [0.717, 1.165) is 16.8 Å². The summed E-state index contributed by atoms with van der Waals surface area (Å²) in [6.45, 7) is 2.43. The second-order valence-corrected chi connectivity index (χ2v) is 6.53. The molecule has 0 saturated carbocycles. The van der Waals surface area contributed by atoms with Gasteiger partial charge in [0.25, 0.3) is 17.2 Å². The number of oxazole rings is 1. The zero-order chi connectivity index (χ0) is 22.0. The van der Waals surface area contributed by atoms with Gasteiger partial charge >= 0.3 is 0 Å². The lowest BCUT2D eigenvalue weighted by Gasteiger charge is -2.34. The number of anilines is 1. The average Bonchev–Trinajstić information content (AvgIpc) is 3.09. The Morgan fingerprint density at radius 2 is 2.03 bits per heavy atom. The molecule has 156 valence electrons. The van der Waals surface area contributed by atoms with Crippen LogP contribution >= 0.6 is 0 Å². The molecular weight excluding hydrogens is 398 g/mol. The van der Waals surface area contributed by atoms with Crippen molar-refractivity contribution >= 4 is 23.4 Å². The van der Waals surface area contributed by atoms with Crippen molar-refractivity contribution in [2.24, 2.45) is 5.73 Å². The van der Waals surface area contributed by atoms with Gasteiger partial charge < -0.3 is 20.0 Å². The molecule has 3 heterocycles. The summed E-state index contributed by atoms with van der Waals surface area (Å²) >= 11 is 0. The van der Waals surface area contributed by atoms with Crippen LogP contribution in [0.3, 0.4) is 0 Å². The van der Waals surface area contributed by atoms with E-state index in [1.807, 2.05) is 6.07 Å². The molecule has 0 atom stereocenters. The zero-order valence-corrected chi connectivity index (χ0v) is 15.9. The van der Waals surface area contributed by atoms with Gasteiger partial charge in [-0.25, -0.2) is 4.98 Å². The van der Waals surface area contributed by atoms with E-state index in [2.05, 4.69) is 4.98 Å². The number of rotatable bonds is 5. The average molecular weight is 415 g/mol. The maximum absolute atomic E-state index is 12.6. The summed E-state index contributed by atoms with van der Waals surface area (Å²) in [5, 5.41) is 20.2. The Labute approximate surface area is 169 Å². The number of carbonyl (C=O) groups is 2. The van der Waals surface area contributed by atoms with Crippen LogP contribution in [0.2, 0.25) is 0 Å². The van der Waals surface area contributed by atoms with Crippen LogP contribution in [0.4, 0.5) is 11.6 Å². The molecule has 0 bridgehead atoms. The summed E-state index contributed by atoms with van der Waals surface area (Å²) in [5.74, 6) is -0.880. The van der Waals surface area contributed by atoms with Crippen molar-refractivity contribution in [3.8, 4) is 6.07 Å². The highest BCUT2D eigenvalue weighted by atomic mass is 16.6. The van der Waals surface area contributed by atoms with Crippen molar-refractivity contribution in [2.75, 3.05) is 31.1 Å². The molecule has 2 amide bonds. The Hall–Kier alpha value is -4.21. The number of pyridine rings is 1. The van der Waals surface area contributed by atoms with Crippen molar-refractivity contribution in [2.45, 2.75) is 13.5 Å². The Balaban J connectivity index is 1.74. The normalized spacial score (nSPS) is 13.7. The third-order valence-corrected chi connectivity index (χ3v) is 4.60. The molecule has 0 aliphatic carbocycles. The number of piperazine rings is 1. The molecule has 3 rings (SSSR count). The molecule has 1 aliphatic rings. The van der Waals surface area contributed by atoms with Crippen LogP contribution in [0, 0.1) is 28.4 Å². The Kier molecular flexibility index (Phi) is 5.50. The standard InChI is InChI=1S/C17H17N7O6/c1-10-20-13(7-18)17(30-10)22-4-2-21(3-5-22)14(25)9-23-8-11(24(28)29)6-12(15(19)26)16(23)27/h6,8H,2-5,9H2,1H3,(H2,19,26). The SMILES string of the molecule is Cc1nc(C#N)c(N2CCN(C(=O)Cn3cc([N+](=O)[O-])cc(C(N)=O)c3=O)CC2)o1. The van der Waals surface area contributed by atoms with Crippen LogP contribution in [0.15, 0.2) is 21.5 Å². The number of primary amides is 1. The van der Waals surface area contributed by atoms with Crippen molar-refractivity contribution in [3.05, 3.63) is 49.9 Å². The summed E-state index contributed by atoms with van der Waals surface area (Å²) in [4.78, 5) is 53.9. The van der Waals surface area contributed by atoms with Gasteiger partial charge in [0.1, 0.15) is 18.2 Å². The lowest BCUT2D eigenvalue weighted by molar-refractivity contribution is -0.385. The quantitative estimate of drug-likeness (QED) is 0.491. The van der Waals surface area contributed by atoms with Gasteiger partial charge in [-0.1, -0.05) is 0 Å². The molecule has 0 unspecified atom stereocenters. The molecular formula is C17H17N7O6. The van der Waals surface area contributed by atoms with Crippen LogP contribution in [-0.4, -0.2) is 57.4 Å². The molecule has 1 aliphatic heterocycles. The van der Waals surface area contributed by atoms with E-state index >= 15 is 0 Å². The van der Waals surface area contributed by atoms with Gasteiger partial charge in [0.05, 0.1) is 11.1 Å². The van der Waals surface area contributed by atoms with Crippen LogP contribution in [-0.2, 0) is 11.3 Å². The number of nitrogens with zero attached hydrogens (tertiary/aromatic N) is 6. The smallest absolute Gasteiger partial charge is 0.286 e. The Morgan fingerprint density at radius 3 is 2.60 bits per heavy atom. The predicted molar refractivity (Wildman–Crippen MR) is 101 cm³/mol. The molecule has 2 aromatic heterocycles. The highest BCUT2D eigenvalue weighted by Gasteiger charge is 2.27. The van der Waals surface area contributed by atoms with Gasteiger partial charge in [0.2, 0.25) is 17.5 Å². The molecule has 13 heteroatoms. The summed E-state index contributed by atoms with van der Waals surface area (Å²) in [5.41, 5.74) is 3.31. The number of amides is 2. The first kappa shape index (κ1) is 20.5. The van der Waals surface area contributed by atoms with Gasteiger partial charge in [-0.15, -0.1) is 0 Å². The van der Waals surface area contributed by atoms with E-state index in [4.69, 9.17) is 15.4 Å². The lowest BCUT2D eigenvalue weighted by Crippen LogP contribution is -2.50. The molecule has 0 spiro atoms. The second-order valence-electron chi connectivity index (χ2n) is 6.53. The van der Waals surface area contributed by atoms with Crippen LogP contribution in [0.1, 0.15) is 21.9 Å². The molecule has 0 radical (unpaired) electrons. The van der Waals surface area contributed by atoms with Gasteiger partial charge in [-0.05, 0) is 0 Å². The number of nitrogens with two attached hydrogens (primary N) is 1. The number of carbonyl (C=O) groups excluding carboxylic acids is 2. The molecule has 2 aromatic rings. The van der Waals surface area contributed by atoms with Crippen molar-refractivity contribution < 1.29 is 18.9 Å². The minimum atomic E-state index is -1.12. The number of nitro groups is 1. The largest absolute Gasteiger partial charge is 0.424 e. The van der Waals surface area contributed by atoms with Gasteiger partial charge in [0, 0.05) is 39.2 Å². The van der Waals surface area contributed by atoms with Gasteiger partial charge in [-0.2, -0.15) is 5.26 Å². The minimum Gasteiger partial charge on any atom is -0.424 e. The highest BCUT2D eigenvalue weighted by molar-refractivity contribution is 5.93. The Morgan fingerprint density at radius 1 is 1.37 bits per heavy atom. The number of aryl methyl sites for hydroxylation is 1. The first-order chi connectivity index (χ1) is 14.2. The van der Waals surface area contributed by atoms with E-state index in [9.17, 15) is 24.5 Å². The van der Waals surface area contributed by atoms with E-state index in [-0.39, 0.29) is 18.8 Å². The maximum atomic E-state index is 12.6. The summed E-state index contributed by atoms with van der Waals surface area (Å²) < 4.78 is 6.27. The highest BCUT2D eigenvalue weighted by Crippen LogP contribution is 2.22. The predicted octanol–water partition coefficient (Wildman–Crippen LogP) is -0.628. The molecule has 2 N–H and O–H groups in total. The van der Waals surface area contributed by atoms with Crippen LogP contribution in [0.25, 0.3) is 0 Å². The first-order valence-electron chi connectivity index (χ1n) is 8.80. The van der Waals surface area contributed by atoms with Crippen molar-refractivity contribution in [1.29, 1.82) is 5.26 Å². The number of hydrogen-bond donors (Lipinski definition) is 1. The van der Waals surface area contributed by atoms with Gasteiger partial charge in [0.15, 0.2) is 5.89 Å². The number of hydrogen-bond acceptors (Lipinski definition) is 9. The number of aromatic nitrogens is 2. The van der Waals surface area contributed by atoms with E-state index in [1.165, 1.54) is 4.90 Å². The topological polar surface area (TPSA) is 182 Å². The molecule has 30 heavy (non-hydrogen) atoms. The molecule has 1 fully saturated rings. The zero-order valence-electron chi connectivity index (χ0n) is 15.9. The molecule has 1 saturated heterocycles. The van der Waals surface area contributed by atoms with Gasteiger partial charge in [-0.3, -0.25) is 29.1 Å². The summed E-state index contributed by atoms with van der Waals surface area (Å²) in [7, 11) is 0. The van der Waals surface area contributed by atoms with Crippen molar-refractivity contribution in [3.63, 3.8) is 0 Å². The number of nitriles is 1. The summed E-state index contributed by atoms with van der Waals surface area (Å²) in [6.07, 6.45) is 0.902. The first-order valence-corrected chi connectivity index (χ1v) is 8.80. The fourth-order valence-electron chi connectivity index (χ4n) is 3.12. The monoisotopic (exact) mass is 415 g/mol. The van der Waals surface area contributed by atoms with Crippen LogP contribution in [0.5, 0.6) is 0 Å². The minimum absolute atomic E-state index is 0.161. The maximum Gasteiger partial charge on any atom is 0.286 e. The lowest BCUT2D eigenvalue weighted by atomic mass is 10.2. The van der Waals surface area contributed by atoms with E-state index in [0.29, 0.717) is 24.9 Å². The van der Waals surface area contributed by atoms with Crippen LogP contribution < -0.4 is 16.2 Å². The second kappa shape index (κ2) is 8.03. The third kappa shape index (κ3) is 3.97. The Bertz CT molecular complexity index is 1120. The van der Waals surface area contributed by atoms with E-state index in [1.54, 1.807) is 11.8 Å². The fourth-order valence-corrected chi connectivity index (χ4v) is 3.12. The molecule has 0 aromatic carbocycles.